The van der Waals surface area contributed by atoms with Gasteiger partial charge in [-0.3, -0.25) is 0 Å². The molecule has 1 saturated carbocycles. The quantitative estimate of drug-likeness (QED) is 0.503. The molecule has 0 heterocycles. The topological polar surface area (TPSA) is 3.24 Å². The van der Waals surface area contributed by atoms with E-state index < -0.39 is 0 Å². The Morgan fingerprint density at radius 3 is 2.36 bits per heavy atom. The molecular formula is C12H25NS. The Morgan fingerprint density at radius 2 is 1.71 bits per heavy atom. The van der Waals surface area contributed by atoms with Gasteiger partial charge in [0.15, 0.2) is 0 Å². The molecule has 14 heavy (non-hydrogen) atoms. The average molecular weight is 215 g/mol. The third kappa shape index (κ3) is 4.70. The SMILES string of the molecule is CN(CCCCCCS)C1CCCC1. The van der Waals surface area contributed by atoms with E-state index in [9.17, 15) is 0 Å². The molecule has 1 nitrogen and oxygen atoms in total. The normalized spacial score (nSPS) is 18.2. The molecule has 0 radical (unpaired) electrons. The summed E-state index contributed by atoms with van der Waals surface area (Å²) in [5, 5.41) is 0. The van der Waals surface area contributed by atoms with E-state index in [2.05, 4.69) is 24.6 Å². The molecule has 0 bridgehead atoms. The van der Waals surface area contributed by atoms with E-state index in [1.54, 1.807) is 0 Å². The lowest BCUT2D eigenvalue weighted by Gasteiger charge is -2.23. The van der Waals surface area contributed by atoms with Crippen molar-refractivity contribution in [1.29, 1.82) is 0 Å². The fourth-order valence-electron chi connectivity index (χ4n) is 2.35. The van der Waals surface area contributed by atoms with Crippen molar-refractivity contribution in [3.63, 3.8) is 0 Å². The van der Waals surface area contributed by atoms with Crippen molar-refractivity contribution in [3.05, 3.63) is 0 Å². The first kappa shape index (κ1) is 12.4. The highest BCUT2D eigenvalue weighted by atomic mass is 32.1. The van der Waals surface area contributed by atoms with Gasteiger partial charge in [-0.15, -0.1) is 0 Å². The smallest absolute Gasteiger partial charge is 0.00922 e. The van der Waals surface area contributed by atoms with E-state index in [4.69, 9.17) is 0 Å². The summed E-state index contributed by atoms with van der Waals surface area (Å²) < 4.78 is 0. The number of thiol groups is 1. The van der Waals surface area contributed by atoms with Crippen LogP contribution in [0, 0.1) is 0 Å². The van der Waals surface area contributed by atoms with Crippen LogP contribution in [0.5, 0.6) is 0 Å². The molecule has 84 valence electrons. The van der Waals surface area contributed by atoms with Crippen LogP contribution in [-0.2, 0) is 0 Å². The second kappa shape index (κ2) is 7.58. The lowest BCUT2D eigenvalue weighted by atomic mass is 10.1. The summed E-state index contributed by atoms with van der Waals surface area (Å²) in [4.78, 5) is 2.58. The molecule has 0 amide bonds. The van der Waals surface area contributed by atoms with Crippen molar-refractivity contribution in [2.45, 2.75) is 57.4 Å². The molecule has 0 unspecified atom stereocenters. The van der Waals surface area contributed by atoms with E-state index in [0.717, 1.165) is 11.8 Å². The summed E-state index contributed by atoms with van der Waals surface area (Å²) in [5.74, 6) is 1.05. The Balaban J connectivity index is 1.94. The first-order valence-electron chi connectivity index (χ1n) is 6.15. The summed E-state index contributed by atoms with van der Waals surface area (Å²) in [6, 6.07) is 0.903. The molecule has 1 rings (SSSR count). The zero-order valence-electron chi connectivity index (χ0n) is 9.54. The van der Waals surface area contributed by atoms with Gasteiger partial charge in [-0.2, -0.15) is 12.6 Å². The molecule has 0 aromatic carbocycles. The fourth-order valence-corrected chi connectivity index (χ4v) is 2.58. The van der Waals surface area contributed by atoms with Gasteiger partial charge in [0.2, 0.25) is 0 Å². The molecule has 1 aliphatic rings. The van der Waals surface area contributed by atoms with Crippen LogP contribution in [0.4, 0.5) is 0 Å². The first-order chi connectivity index (χ1) is 6.84. The third-order valence-corrected chi connectivity index (χ3v) is 3.68. The van der Waals surface area contributed by atoms with Gasteiger partial charge in [0, 0.05) is 6.04 Å². The largest absolute Gasteiger partial charge is 0.303 e. The molecule has 0 aromatic heterocycles. The average Bonchev–Trinajstić information content (AvgIpc) is 2.70. The van der Waals surface area contributed by atoms with Gasteiger partial charge in [-0.1, -0.05) is 25.7 Å². The molecule has 0 saturated heterocycles. The molecule has 2 heteroatoms. The van der Waals surface area contributed by atoms with Crippen LogP contribution < -0.4 is 0 Å². The first-order valence-corrected chi connectivity index (χ1v) is 6.79. The predicted molar refractivity (Wildman–Crippen MR) is 67.2 cm³/mol. The number of nitrogens with zero attached hydrogens (tertiary/aromatic N) is 1. The second-order valence-corrected chi connectivity index (χ2v) is 5.00. The summed E-state index contributed by atoms with van der Waals surface area (Å²) in [6.07, 6.45) is 11.2. The summed E-state index contributed by atoms with van der Waals surface area (Å²) in [7, 11) is 2.30. The van der Waals surface area contributed by atoms with Crippen molar-refractivity contribution in [3.8, 4) is 0 Å². The van der Waals surface area contributed by atoms with E-state index >= 15 is 0 Å². The molecule has 0 N–H and O–H groups in total. The Hall–Kier alpha value is 0.310. The maximum absolute atomic E-state index is 4.22. The minimum atomic E-state index is 0.903. The lowest BCUT2D eigenvalue weighted by molar-refractivity contribution is 0.240. The zero-order chi connectivity index (χ0) is 10.2. The monoisotopic (exact) mass is 215 g/mol. The second-order valence-electron chi connectivity index (χ2n) is 4.56. The van der Waals surface area contributed by atoms with Gasteiger partial charge in [0.25, 0.3) is 0 Å². The minimum absolute atomic E-state index is 0.903. The van der Waals surface area contributed by atoms with E-state index in [-0.39, 0.29) is 0 Å². The summed E-state index contributed by atoms with van der Waals surface area (Å²) in [6.45, 7) is 1.30. The molecule has 1 fully saturated rings. The van der Waals surface area contributed by atoms with Gasteiger partial charge in [-0.05, 0) is 45.0 Å². The maximum atomic E-state index is 4.22. The Kier molecular flexibility index (Phi) is 6.70. The van der Waals surface area contributed by atoms with E-state index in [1.165, 1.54) is 57.9 Å². The van der Waals surface area contributed by atoms with E-state index in [1.807, 2.05) is 0 Å². The lowest BCUT2D eigenvalue weighted by Crippen LogP contribution is -2.29. The Bertz CT molecular complexity index is 132. The highest BCUT2D eigenvalue weighted by molar-refractivity contribution is 7.80. The van der Waals surface area contributed by atoms with E-state index in [0.29, 0.717) is 0 Å². The van der Waals surface area contributed by atoms with Crippen molar-refractivity contribution in [2.75, 3.05) is 19.3 Å². The van der Waals surface area contributed by atoms with Gasteiger partial charge in [0.05, 0.1) is 0 Å². The number of unbranched alkanes of at least 4 members (excludes halogenated alkanes) is 3. The Morgan fingerprint density at radius 1 is 1.07 bits per heavy atom. The standard InChI is InChI=1S/C12H25NS/c1-13(12-8-4-5-9-12)10-6-2-3-7-11-14/h12,14H,2-11H2,1H3. The van der Waals surface area contributed by atoms with Crippen LogP contribution in [-0.4, -0.2) is 30.3 Å². The molecule has 0 spiro atoms. The van der Waals surface area contributed by atoms with Gasteiger partial charge in [-0.25, -0.2) is 0 Å². The predicted octanol–water partition coefficient (Wildman–Crippen LogP) is 3.35. The van der Waals surface area contributed by atoms with Crippen LogP contribution in [0.3, 0.4) is 0 Å². The van der Waals surface area contributed by atoms with Crippen LogP contribution in [0.25, 0.3) is 0 Å². The van der Waals surface area contributed by atoms with Crippen molar-refractivity contribution in [2.24, 2.45) is 0 Å². The van der Waals surface area contributed by atoms with Crippen LogP contribution >= 0.6 is 12.6 Å². The fraction of sp³-hybridized carbons (Fsp3) is 1.00. The van der Waals surface area contributed by atoms with Gasteiger partial charge in [0.1, 0.15) is 0 Å². The Labute approximate surface area is 94.7 Å². The van der Waals surface area contributed by atoms with Crippen molar-refractivity contribution in [1.82, 2.24) is 4.90 Å². The number of rotatable bonds is 7. The zero-order valence-corrected chi connectivity index (χ0v) is 10.4. The van der Waals surface area contributed by atoms with Crippen molar-refractivity contribution < 1.29 is 0 Å². The minimum Gasteiger partial charge on any atom is -0.303 e. The molecule has 0 aromatic rings. The van der Waals surface area contributed by atoms with Gasteiger partial charge < -0.3 is 4.90 Å². The van der Waals surface area contributed by atoms with Gasteiger partial charge >= 0.3 is 0 Å². The van der Waals surface area contributed by atoms with Crippen molar-refractivity contribution >= 4 is 12.6 Å². The molecule has 0 aliphatic heterocycles. The summed E-state index contributed by atoms with van der Waals surface area (Å²) in [5.41, 5.74) is 0. The number of hydrogen-bond acceptors (Lipinski definition) is 2. The highest BCUT2D eigenvalue weighted by Gasteiger charge is 2.18. The number of hydrogen-bond donors (Lipinski definition) is 1. The van der Waals surface area contributed by atoms with Crippen LogP contribution in [0.15, 0.2) is 0 Å². The molecule has 0 atom stereocenters. The molecule has 1 aliphatic carbocycles. The highest BCUT2D eigenvalue weighted by Crippen LogP contribution is 2.22. The summed E-state index contributed by atoms with van der Waals surface area (Å²) >= 11 is 4.22. The maximum Gasteiger partial charge on any atom is 0.00922 e. The van der Waals surface area contributed by atoms with Crippen LogP contribution in [0.1, 0.15) is 51.4 Å². The van der Waals surface area contributed by atoms with Crippen LogP contribution in [0.2, 0.25) is 0 Å². The third-order valence-electron chi connectivity index (χ3n) is 3.37. The molecular weight excluding hydrogens is 190 g/mol.